The number of aryl methyl sites for hydroxylation is 1. The standard InChI is InChI=1S/C25H28N6O2/c1-17-10-9-13-30-20(15-27-23(17)30)22-21(14-26-16-28-22)31(24(32)33-25(3,4)5)29-18(2)19-11-7-6-8-12-19/h6-16,18,29H,1-5H3/t18-/m0/s1. The number of hydrogen-bond acceptors (Lipinski definition) is 6. The molecule has 1 aromatic carbocycles. The molecule has 1 amide bonds. The van der Waals surface area contributed by atoms with E-state index in [0.717, 1.165) is 22.5 Å². The number of carbonyl (C=O) groups excluding carboxylic acids is 1. The van der Waals surface area contributed by atoms with Gasteiger partial charge in [0.15, 0.2) is 0 Å². The van der Waals surface area contributed by atoms with Crippen LogP contribution in [0.2, 0.25) is 0 Å². The van der Waals surface area contributed by atoms with Crippen molar-refractivity contribution in [2.45, 2.75) is 46.3 Å². The lowest BCUT2D eigenvalue weighted by Gasteiger charge is -2.30. The summed E-state index contributed by atoms with van der Waals surface area (Å²) in [6, 6.07) is 13.7. The maximum atomic E-state index is 13.3. The highest BCUT2D eigenvalue weighted by Crippen LogP contribution is 2.30. The molecule has 0 aliphatic rings. The molecule has 0 fully saturated rings. The van der Waals surface area contributed by atoms with Crippen LogP contribution in [0.15, 0.2) is 67.4 Å². The van der Waals surface area contributed by atoms with Crippen LogP contribution in [0, 0.1) is 6.92 Å². The van der Waals surface area contributed by atoms with Crippen LogP contribution >= 0.6 is 0 Å². The summed E-state index contributed by atoms with van der Waals surface area (Å²) in [7, 11) is 0. The van der Waals surface area contributed by atoms with Crippen molar-refractivity contribution in [3.8, 4) is 11.4 Å². The van der Waals surface area contributed by atoms with Gasteiger partial charge in [-0.25, -0.2) is 30.2 Å². The Kier molecular flexibility index (Phi) is 6.11. The number of pyridine rings is 1. The molecule has 0 saturated carbocycles. The van der Waals surface area contributed by atoms with Crippen LogP contribution in [0.1, 0.15) is 44.9 Å². The van der Waals surface area contributed by atoms with E-state index >= 15 is 0 Å². The predicted octanol–water partition coefficient (Wildman–Crippen LogP) is 5.11. The summed E-state index contributed by atoms with van der Waals surface area (Å²) in [5.41, 5.74) is 7.27. The zero-order valence-electron chi connectivity index (χ0n) is 19.5. The fourth-order valence-corrected chi connectivity index (χ4v) is 3.55. The maximum absolute atomic E-state index is 13.3. The van der Waals surface area contributed by atoms with Gasteiger partial charge in [-0.2, -0.15) is 0 Å². The number of rotatable bonds is 5. The van der Waals surface area contributed by atoms with E-state index in [0.29, 0.717) is 11.4 Å². The normalized spacial score (nSPS) is 12.5. The highest BCUT2D eigenvalue weighted by atomic mass is 16.6. The second-order valence-electron chi connectivity index (χ2n) is 8.86. The largest absolute Gasteiger partial charge is 0.442 e. The Balaban J connectivity index is 1.80. The number of anilines is 1. The summed E-state index contributed by atoms with van der Waals surface area (Å²) >= 11 is 0. The van der Waals surface area contributed by atoms with Gasteiger partial charge in [0.2, 0.25) is 0 Å². The second-order valence-corrected chi connectivity index (χ2v) is 8.86. The maximum Gasteiger partial charge on any atom is 0.429 e. The van der Waals surface area contributed by atoms with Crippen LogP contribution in [0.4, 0.5) is 10.5 Å². The first kappa shape index (κ1) is 22.4. The molecule has 3 heterocycles. The molecule has 8 nitrogen and oxygen atoms in total. The lowest BCUT2D eigenvalue weighted by molar-refractivity contribution is 0.0555. The van der Waals surface area contributed by atoms with E-state index in [-0.39, 0.29) is 6.04 Å². The SMILES string of the molecule is Cc1cccn2c(-c3ncncc3N(N[C@@H](C)c3ccccc3)C(=O)OC(C)(C)C)cnc12. The van der Waals surface area contributed by atoms with Gasteiger partial charge in [-0.3, -0.25) is 4.40 Å². The number of carbonyl (C=O) groups is 1. The molecule has 0 bridgehead atoms. The van der Waals surface area contributed by atoms with Crippen molar-refractivity contribution in [3.05, 3.63) is 78.5 Å². The van der Waals surface area contributed by atoms with Crippen molar-refractivity contribution in [2.75, 3.05) is 5.01 Å². The quantitative estimate of drug-likeness (QED) is 0.431. The summed E-state index contributed by atoms with van der Waals surface area (Å²) in [5, 5.41) is 1.38. The van der Waals surface area contributed by atoms with E-state index in [1.54, 1.807) is 12.4 Å². The lowest BCUT2D eigenvalue weighted by atomic mass is 10.1. The zero-order valence-corrected chi connectivity index (χ0v) is 19.5. The highest BCUT2D eigenvalue weighted by molar-refractivity contribution is 5.91. The van der Waals surface area contributed by atoms with Gasteiger partial charge in [-0.05, 0) is 51.8 Å². The van der Waals surface area contributed by atoms with Crippen molar-refractivity contribution in [3.63, 3.8) is 0 Å². The third kappa shape index (κ3) is 4.85. The summed E-state index contributed by atoms with van der Waals surface area (Å²) < 4.78 is 7.67. The van der Waals surface area contributed by atoms with E-state index in [9.17, 15) is 4.79 Å². The molecule has 1 atom stereocenters. The Hall–Kier alpha value is -3.78. The van der Waals surface area contributed by atoms with Crippen molar-refractivity contribution >= 4 is 17.4 Å². The third-order valence-corrected chi connectivity index (χ3v) is 5.11. The first-order valence-electron chi connectivity index (χ1n) is 10.8. The molecule has 1 N–H and O–H groups in total. The molecule has 3 aromatic heterocycles. The number of nitrogens with one attached hydrogen (secondary N) is 1. The van der Waals surface area contributed by atoms with E-state index < -0.39 is 11.7 Å². The first-order valence-corrected chi connectivity index (χ1v) is 10.8. The van der Waals surface area contributed by atoms with Crippen molar-refractivity contribution in [1.82, 2.24) is 24.8 Å². The van der Waals surface area contributed by atoms with Crippen molar-refractivity contribution in [2.24, 2.45) is 0 Å². The number of benzene rings is 1. The molecule has 0 radical (unpaired) electrons. The number of hydrazine groups is 1. The number of nitrogens with zero attached hydrogens (tertiary/aromatic N) is 5. The number of fused-ring (bicyclic) bond motifs is 1. The number of ether oxygens (including phenoxy) is 1. The van der Waals surface area contributed by atoms with E-state index in [4.69, 9.17) is 4.74 Å². The van der Waals surface area contributed by atoms with E-state index in [2.05, 4.69) is 20.4 Å². The molecule has 8 heteroatoms. The minimum Gasteiger partial charge on any atom is -0.442 e. The fourth-order valence-electron chi connectivity index (χ4n) is 3.55. The monoisotopic (exact) mass is 444 g/mol. The molecule has 4 aromatic rings. The Labute approximate surface area is 193 Å². The Morgan fingerprint density at radius 2 is 1.85 bits per heavy atom. The summed E-state index contributed by atoms with van der Waals surface area (Å²) in [6.45, 7) is 9.48. The molecular formula is C25H28N6O2. The van der Waals surface area contributed by atoms with Gasteiger partial charge in [0.1, 0.15) is 29.0 Å². The predicted molar refractivity (Wildman–Crippen MR) is 128 cm³/mol. The minimum absolute atomic E-state index is 0.184. The van der Waals surface area contributed by atoms with Gasteiger partial charge in [0.05, 0.1) is 18.1 Å². The van der Waals surface area contributed by atoms with Gasteiger partial charge in [-0.1, -0.05) is 36.4 Å². The van der Waals surface area contributed by atoms with Gasteiger partial charge < -0.3 is 4.74 Å². The van der Waals surface area contributed by atoms with Gasteiger partial charge >= 0.3 is 6.09 Å². The number of imidazole rings is 1. The highest BCUT2D eigenvalue weighted by Gasteiger charge is 2.29. The molecule has 0 aliphatic heterocycles. The molecule has 0 aliphatic carbocycles. The Morgan fingerprint density at radius 1 is 1.09 bits per heavy atom. The zero-order chi connectivity index (χ0) is 23.6. The van der Waals surface area contributed by atoms with Crippen LogP contribution in [-0.4, -0.2) is 31.0 Å². The van der Waals surface area contributed by atoms with Crippen molar-refractivity contribution < 1.29 is 9.53 Å². The van der Waals surface area contributed by atoms with Gasteiger partial charge in [0.25, 0.3) is 0 Å². The number of amides is 1. The second kappa shape index (κ2) is 8.99. The lowest BCUT2D eigenvalue weighted by Crippen LogP contribution is -2.47. The van der Waals surface area contributed by atoms with Gasteiger partial charge in [-0.15, -0.1) is 0 Å². The minimum atomic E-state index is -0.677. The smallest absolute Gasteiger partial charge is 0.429 e. The molecule has 170 valence electrons. The average molecular weight is 445 g/mol. The van der Waals surface area contributed by atoms with Crippen LogP contribution in [0.3, 0.4) is 0 Å². The Bertz CT molecular complexity index is 1260. The average Bonchev–Trinajstić information content (AvgIpc) is 3.22. The first-order chi connectivity index (χ1) is 15.7. The third-order valence-electron chi connectivity index (χ3n) is 5.11. The molecule has 0 spiro atoms. The van der Waals surface area contributed by atoms with E-state index in [1.807, 2.05) is 87.7 Å². The summed E-state index contributed by atoms with van der Waals surface area (Å²) in [6.07, 6.45) is 6.19. The fraction of sp³-hybridized carbons (Fsp3) is 0.280. The van der Waals surface area contributed by atoms with E-state index in [1.165, 1.54) is 11.3 Å². The van der Waals surface area contributed by atoms with Crippen LogP contribution in [0.25, 0.3) is 17.0 Å². The molecule has 0 unspecified atom stereocenters. The molecular weight excluding hydrogens is 416 g/mol. The summed E-state index contributed by atoms with van der Waals surface area (Å²) in [5.74, 6) is 0. The van der Waals surface area contributed by atoms with Crippen LogP contribution < -0.4 is 10.4 Å². The summed E-state index contributed by atoms with van der Waals surface area (Å²) in [4.78, 5) is 26.6. The molecule has 33 heavy (non-hydrogen) atoms. The van der Waals surface area contributed by atoms with Crippen LogP contribution in [-0.2, 0) is 4.74 Å². The van der Waals surface area contributed by atoms with Gasteiger partial charge in [0, 0.05) is 12.2 Å². The molecule has 4 rings (SSSR count). The number of hydrogen-bond donors (Lipinski definition) is 1. The topological polar surface area (TPSA) is 84.7 Å². The number of aromatic nitrogens is 4. The van der Waals surface area contributed by atoms with Crippen LogP contribution in [0.5, 0.6) is 0 Å². The molecule has 0 saturated heterocycles. The Morgan fingerprint density at radius 3 is 2.58 bits per heavy atom. The van der Waals surface area contributed by atoms with Crippen molar-refractivity contribution in [1.29, 1.82) is 0 Å².